The van der Waals surface area contributed by atoms with Crippen molar-refractivity contribution in [1.29, 1.82) is 0 Å². The average Bonchev–Trinajstić information content (AvgIpc) is 3.21. The fourth-order valence-electron chi connectivity index (χ4n) is 4.89. The first kappa shape index (κ1) is 18.6. The van der Waals surface area contributed by atoms with E-state index in [9.17, 15) is 9.59 Å². The van der Waals surface area contributed by atoms with Gasteiger partial charge in [-0.25, -0.2) is 4.98 Å². The van der Waals surface area contributed by atoms with Crippen LogP contribution >= 0.6 is 11.3 Å². The third-order valence-electron chi connectivity index (χ3n) is 6.53. The first-order valence-corrected chi connectivity index (χ1v) is 11.3. The molecular weight excluding hydrogens is 382 g/mol. The lowest BCUT2D eigenvalue weighted by Gasteiger charge is -2.41. The van der Waals surface area contributed by atoms with Gasteiger partial charge in [0.15, 0.2) is 0 Å². The van der Waals surface area contributed by atoms with Gasteiger partial charge in [-0.3, -0.25) is 14.2 Å². The smallest absolute Gasteiger partial charge is 0.262 e. The average molecular weight is 408 g/mol. The van der Waals surface area contributed by atoms with Crippen LogP contribution in [0.5, 0.6) is 0 Å². The number of hydrogen-bond donors (Lipinski definition) is 0. The summed E-state index contributed by atoms with van der Waals surface area (Å²) in [6.45, 7) is 1.75. The molecule has 1 aromatic carbocycles. The predicted molar refractivity (Wildman–Crippen MR) is 116 cm³/mol. The highest BCUT2D eigenvalue weighted by Gasteiger charge is 2.33. The second-order valence-corrected chi connectivity index (χ2v) is 9.34. The molecule has 0 bridgehead atoms. The Morgan fingerprint density at radius 3 is 2.72 bits per heavy atom. The zero-order chi connectivity index (χ0) is 19.8. The largest absolute Gasteiger partial charge is 0.341 e. The minimum Gasteiger partial charge on any atom is -0.341 e. The molecule has 5 nitrogen and oxygen atoms in total. The van der Waals surface area contributed by atoms with E-state index in [-0.39, 0.29) is 18.0 Å². The molecule has 1 aliphatic carbocycles. The van der Waals surface area contributed by atoms with Gasteiger partial charge in [-0.2, -0.15) is 0 Å². The molecular formula is C23H25N3O2S. The highest BCUT2D eigenvalue weighted by Crippen LogP contribution is 2.36. The molecule has 2 aromatic heterocycles. The van der Waals surface area contributed by atoms with Crippen molar-refractivity contribution < 1.29 is 4.79 Å². The summed E-state index contributed by atoms with van der Waals surface area (Å²) in [5, 5.41) is 0.593. The number of benzene rings is 1. The zero-order valence-electron chi connectivity index (χ0n) is 16.4. The van der Waals surface area contributed by atoms with Crippen molar-refractivity contribution in [2.75, 3.05) is 13.1 Å². The van der Waals surface area contributed by atoms with E-state index in [4.69, 9.17) is 0 Å². The number of carbonyl (C=O) groups is 1. The summed E-state index contributed by atoms with van der Waals surface area (Å²) in [6, 6.07) is 11.9. The molecule has 0 N–H and O–H groups in total. The van der Waals surface area contributed by atoms with Gasteiger partial charge in [0, 0.05) is 18.0 Å². The fourth-order valence-corrected chi connectivity index (χ4v) is 5.89. The van der Waals surface area contributed by atoms with Crippen LogP contribution in [0, 0.1) is 11.8 Å². The highest BCUT2D eigenvalue weighted by molar-refractivity contribution is 7.21. The lowest BCUT2D eigenvalue weighted by atomic mass is 9.75. The molecule has 2 aliphatic rings. The summed E-state index contributed by atoms with van der Waals surface area (Å²) in [6.07, 6.45) is 7.80. The number of aromatic nitrogens is 2. The second-order valence-electron chi connectivity index (χ2n) is 8.31. The molecule has 0 unspecified atom stereocenters. The monoisotopic (exact) mass is 407 g/mol. The third kappa shape index (κ3) is 3.62. The Kier molecular flexibility index (Phi) is 4.96. The van der Waals surface area contributed by atoms with Crippen molar-refractivity contribution >= 4 is 27.5 Å². The molecule has 6 heteroatoms. The standard InChI is InChI=1S/C23H25N3O2S/c27-21(25-11-10-16-6-4-5-9-18(16)13-25)14-26-15-24-22-19(23(26)28)12-20(29-22)17-7-2-1-3-8-17/h1-3,7-8,12,15-16,18H,4-6,9-11,13-14H2/t16-,18-/m1/s1. The number of hydrogen-bond acceptors (Lipinski definition) is 4. The summed E-state index contributed by atoms with van der Waals surface area (Å²) >= 11 is 1.51. The Labute approximate surface area is 174 Å². The third-order valence-corrected chi connectivity index (χ3v) is 7.62. The van der Waals surface area contributed by atoms with Crippen LogP contribution in [0.25, 0.3) is 20.7 Å². The minimum absolute atomic E-state index is 0.0378. The topological polar surface area (TPSA) is 55.2 Å². The van der Waals surface area contributed by atoms with Crippen molar-refractivity contribution in [1.82, 2.24) is 14.5 Å². The normalized spacial score (nSPS) is 21.9. The van der Waals surface area contributed by atoms with E-state index in [2.05, 4.69) is 4.98 Å². The van der Waals surface area contributed by atoms with E-state index < -0.39 is 0 Å². The Hall–Kier alpha value is -2.47. The van der Waals surface area contributed by atoms with E-state index in [0.717, 1.165) is 40.7 Å². The van der Waals surface area contributed by atoms with Crippen LogP contribution in [-0.2, 0) is 11.3 Å². The van der Waals surface area contributed by atoms with Gasteiger partial charge in [0.1, 0.15) is 11.4 Å². The van der Waals surface area contributed by atoms with Gasteiger partial charge in [0.2, 0.25) is 5.91 Å². The van der Waals surface area contributed by atoms with Gasteiger partial charge in [0.05, 0.1) is 11.7 Å². The molecule has 5 rings (SSSR count). The molecule has 0 radical (unpaired) electrons. The molecule has 1 amide bonds. The summed E-state index contributed by atoms with van der Waals surface area (Å²) in [5.41, 5.74) is 0.946. The lowest BCUT2D eigenvalue weighted by molar-refractivity contribution is -0.135. The molecule has 2 fully saturated rings. The van der Waals surface area contributed by atoms with Gasteiger partial charge in [0.25, 0.3) is 5.56 Å². The SMILES string of the molecule is O=C(Cn1cnc2sc(-c3ccccc3)cc2c1=O)N1CC[C@H]2CCCC[C@@H]2C1. The molecule has 1 aliphatic heterocycles. The minimum atomic E-state index is -0.130. The van der Waals surface area contributed by atoms with Crippen LogP contribution in [0.3, 0.4) is 0 Å². The number of fused-ring (bicyclic) bond motifs is 2. The van der Waals surface area contributed by atoms with Crippen molar-refractivity contribution in [3.63, 3.8) is 0 Å². The van der Waals surface area contributed by atoms with Gasteiger partial charge in [-0.1, -0.05) is 49.6 Å². The van der Waals surface area contributed by atoms with Crippen molar-refractivity contribution in [3.05, 3.63) is 53.1 Å². The van der Waals surface area contributed by atoms with Crippen molar-refractivity contribution in [3.8, 4) is 10.4 Å². The lowest BCUT2D eigenvalue weighted by Crippen LogP contribution is -2.46. The maximum absolute atomic E-state index is 13.0. The highest BCUT2D eigenvalue weighted by atomic mass is 32.1. The molecule has 29 heavy (non-hydrogen) atoms. The number of nitrogens with zero attached hydrogens (tertiary/aromatic N) is 3. The number of rotatable bonds is 3. The van der Waals surface area contributed by atoms with Crippen molar-refractivity contribution in [2.24, 2.45) is 11.8 Å². The Bertz CT molecular complexity index is 1090. The van der Waals surface area contributed by atoms with Crippen LogP contribution in [0.15, 0.2) is 47.5 Å². The van der Waals surface area contributed by atoms with Gasteiger partial charge in [-0.05, 0) is 36.3 Å². The zero-order valence-corrected chi connectivity index (χ0v) is 17.2. The second kappa shape index (κ2) is 7.75. The first-order chi connectivity index (χ1) is 14.2. The molecule has 150 valence electrons. The Balaban J connectivity index is 1.36. The Morgan fingerprint density at radius 1 is 1.10 bits per heavy atom. The number of thiophene rings is 1. The molecule has 1 saturated carbocycles. The van der Waals surface area contributed by atoms with E-state index in [1.54, 1.807) is 0 Å². The summed E-state index contributed by atoms with van der Waals surface area (Å²) in [7, 11) is 0. The molecule has 3 aromatic rings. The maximum atomic E-state index is 13.0. The van der Waals surface area contributed by atoms with Crippen LogP contribution in [-0.4, -0.2) is 33.4 Å². The predicted octanol–water partition coefficient (Wildman–Crippen LogP) is 4.16. The molecule has 1 saturated heterocycles. The van der Waals surface area contributed by atoms with Crippen molar-refractivity contribution in [2.45, 2.75) is 38.6 Å². The molecule has 2 atom stereocenters. The van der Waals surface area contributed by atoms with Crippen LogP contribution in [0.1, 0.15) is 32.1 Å². The van der Waals surface area contributed by atoms with E-state index in [0.29, 0.717) is 11.3 Å². The van der Waals surface area contributed by atoms with Gasteiger partial charge < -0.3 is 4.90 Å². The summed E-state index contributed by atoms with van der Waals surface area (Å²) < 4.78 is 1.47. The molecule has 3 heterocycles. The quantitative estimate of drug-likeness (QED) is 0.655. The van der Waals surface area contributed by atoms with E-state index >= 15 is 0 Å². The number of likely N-dealkylation sites (tertiary alicyclic amines) is 1. The van der Waals surface area contributed by atoms with Crippen LogP contribution < -0.4 is 5.56 Å². The van der Waals surface area contributed by atoms with E-state index in [1.807, 2.05) is 41.3 Å². The van der Waals surface area contributed by atoms with Crippen LogP contribution in [0.4, 0.5) is 0 Å². The Morgan fingerprint density at radius 2 is 1.90 bits per heavy atom. The molecule has 0 spiro atoms. The number of piperidine rings is 1. The fraction of sp³-hybridized carbons (Fsp3) is 0.435. The van der Waals surface area contributed by atoms with Crippen LogP contribution in [0.2, 0.25) is 0 Å². The maximum Gasteiger partial charge on any atom is 0.262 e. The first-order valence-electron chi connectivity index (χ1n) is 10.5. The summed E-state index contributed by atoms with van der Waals surface area (Å²) in [4.78, 5) is 34.0. The van der Waals surface area contributed by atoms with Gasteiger partial charge in [-0.15, -0.1) is 11.3 Å². The number of carbonyl (C=O) groups excluding carboxylic acids is 1. The number of amides is 1. The van der Waals surface area contributed by atoms with E-state index in [1.165, 1.54) is 47.9 Å². The summed E-state index contributed by atoms with van der Waals surface area (Å²) in [5.74, 6) is 1.47. The van der Waals surface area contributed by atoms with Gasteiger partial charge >= 0.3 is 0 Å².